The molecule has 0 saturated heterocycles. The fourth-order valence-corrected chi connectivity index (χ4v) is 1.70. The lowest BCUT2D eigenvalue weighted by molar-refractivity contribution is 0.0943. The second-order valence-electron chi connectivity index (χ2n) is 4.40. The highest BCUT2D eigenvalue weighted by Gasteiger charge is 2.10. The molecule has 0 aromatic carbocycles. The van der Waals surface area contributed by atoms with Crippen molar-refractivity contribution in [2.45, 2.75) is 13.5 Å². The number of nitrogens with zero attached hydrogens (tertiary/aromatic N) is 2. The normalized spacial score (nSPS) is 10.4. The number of furan rings is 1. The van der Waals surface area contributed by atoms with Crippen LogP contribution in [-0.2, 0) is 11.3 Å². The fraction of sp³-hybridized carbons (Fsp3) is 0.357. The van der Waals surface area contributed by atoms with Gasteiger partial charge >= 0.3 is 0 Å². The summed E-state index contributed by atoms with van der Waals surface area (Å²) in [5.74, 6) is 0.828. The molecule has 2 heterocycles. The summed E-state index contributed by atoms with van der Waals surface area (Å²) in [7, 11) is 1.62. The molecule has 0 unspecified atom stereocenters. The van der Waals surface area contributed by atoms with E-state index >= 15 is 0 Å². The highest BCUT2D eigenvalue weighted by molar-refractivity contribution is 5.92. The molecule has 0 radical (unpaired) electrons. The number of methoxy groups -OCH3 is 1. The van der Waals surface area contributed by atoms with Crippen LogP contribution in [0.1, 0.15) is 21.9 Å². The SMILES string of the molecule is COCCNc1nc(C)cc(C(=O)NCc2ccco2)n1. The number of carbonyl (C=O) groups is 1. The fourth-order valence-electron chi connectivity index (χ4n) is 1.70. The van der Waals surface area contributed by atoms with Crippen LogP contribution in [0.15, 0.2) is 28.9 Å². The number of hydrogen-bond acceptors (Lipinski definition) is 6. The number of aryl methyl sites for hydroxylation is 1. The lowest BCUT2D eigenvalue weighted by Crippen LogP contribution is -2.24. The van der Waals surface area contributed by atoms with Crippen LogP contribution < -0.4 is 10.6 Å². The van der Waals surface area contributed by atoms with Crippen molar-refractivity contribution >= 4 is 11.9 Å². The standard InChI is InChI=1S/C14H18N4O3/c1-10-8-12(18-14(17-10)15-5-7-20-2)13(19)16-9-11-4-3-6-21-11/h3-4,6,8H,5,7,9H2,1-2H3,(H,16,19)(H,15,17,18). The number of anilines is 1. The van der Waals surface area contributed by atoms with Gasteiger partial charge in [-0.3, -0.25) is 4.79 Å². The number of amides is 1. The summed E-state index contributed by atoms with van der Waals surface area (Å²) in [6.45, 7) is 3.25. The maximum Gasteiger partial charge on any atom is 0.270 e. The first-order valence-corrected chi connectivity index (χ1v) is 6.58. The molecule has 2 aromatic heterocycles. The number of rotatable bonds is 7. The van der Waals surface area contributed by atoms with E-state index in [1.54, 1.807) is 31.6 Å². The Morgan fingerprint density at radius 2 is 2.29 bits per heavy atom. The third-order valence-electron chi connectivity index (χ3n) is 2.68. The lowest BCUT2D eigenvalue weighted by atomic mass is 10.3. The second-order valence-corrected chi connectivity index (χ2v) is 4.40. The summed E-state index contributed by atoms with van der Waals surface area (Å²) in [5.41, 5.74) is 1.03. The van der Waals surface area contributed by atoms with Crippen LogP contribution in [-0.4, -0.2) is 36.1 Å². The number of ether oxygens (including phenoxy) is 1. The van der Waals surface area contributed by atoms with Crippen molar-refractivity contribution in [2.75, 3.05) is 25.6 Å². The highest BCUT2D eigenvalue weighted by Crippen LogP contribution is 2.06. The molecule has 1 amide bonds. The van der Waals surface area contributed by atoms with Crippen LogP contribution in [0.2, 0.25) is 0 Å². The molecule has 112 valence electrons. The zero-order valence-corrected chi connectivity index (χ0v) is 12.0. The molecule has 0 aliphatic heterocycles. The van der Waals surface area contributed by atoms with E-state index in [1.807, 2.05) is 6.92 Å². The molecule has 2 aromatic rings. The molecule has 7 nitrogen and oxygen atoms in total. The predicted molar refractivity (Wildman–Crippen MR) is 77.0 cm³/mol. The molecular weight excluding hydrogens is 272 g/mol. The minimum Gasteiger partial charge on any atom is -0.467 e. The Kier molecular flexibility index (Phi) is 5.28. The van der Waals surface area contributed by atoms with E-state index in [0.717, 1.165) is 0 Å². The Morgan fingerprint density at radius 1 is 1.43 bits per heavy atom. The summed E-state index contributed by atoms with van der Waals surface area (Å²) in [4.78, 5) is 20.5. The quantitative estimate of drug-likeness (QED) is 0.749. The van der Waals surface area contributed by atoms with E-state index in [2.05, 4.69) is 20.6 Å². The molecule has 0 atom stereocenters. The maximum atomic E-state index is 12.1. The smallest absolute Gasteiger partial charge is 0.270 e. The Bertz CT molecular complexity index is 584. The minimum atomic E-state index is -0.272. The van der Waals surface area contributed by atoms with E-state index in [-0.39, 0.29) is 5.91 Å². The van der Waals surface area contributed by atoms with Crippen LogP contribution in [0.25, 0.3) is 0 Å². The first-order chi connectivity index (χ1) is 10.2. The predicted octanol–water partition coefficient (Wildman–Crippen LogP) is 1.37. The third-order valence-corrected chi connectivity index (χ3v) is 2.68. The first kappa shape index (κ1) is 15.0. The Balaban J connectivity index is 1.98. The minimum absolute atomic E-state index is 0.272. The summed E-state index contributed by atoms with van der Waals surface area (Å²) >= 11 is 0. The van der Waals surface area contributed by atoms with E-state index in [0.29, 0.717) is 42.8 Å². The van der Waals surface area contributed by atoms with Crippen molar-refractivity contribution < 1.29 is 13.9 Å². The van der Waals surface area contributed by atoms with Crippen molar-refractivity contribution in [3.05, 3.63) is 41.6 Å². The third kappa shape index (κ3) is 4.57. The molecule has 0 spiro atoms. The van der Waals surface area contributed by atoms with Crippen LogP contribution in [0, 0.1) is 6.92 Å². The largest absolute Gasteiger partial charge is 0.467 e. The van der Waals surface area contributed by atoms with Crippen molar-refractivity contribution in [1.29, 1.82) is 0 Å². The van der Waals surface area contributed by atoms with Crippen molar-refractivity contribution in [2.24, 2.45) is 0 Å². The molecule has 2 N–H and O–H groups in total. The summed E-state index contributed by atoms with van der Waals surface area (Å²) < 4.78 is 10.1. The summed E-state index contributed by atoms with van der Waals surface area (Å²) in [5, 5.41) is 5.75. The van der Waals surface area contributed by atoms with Gasteiger partial charge in [0, 0.05) is 19.3 Å². The molecule has 21 heavy (non-hydrogen) atoms. The lowest BCUT2D eigenvalue weighted by Gasteiger charge is -2.08. The van der Waals surface area contributed by atoms with Gasteiger partial charge in [-0.05, 0) is 25.1 Å². The molecule has 0 aliphatic carbocycles. The van der Waals surface area contributed by atoms with Gasteiger partial charge in [0.15, 0.2) is 0 Å². The van der Waals surface area contributed by atoms with Gasteiger partial charge < -0.3 is 19.8 Å². The Hall–Kier alpha value is -2.41. The van der Waals surface area contributed by atoms with Crippen molar-refractivity contribution in [1.82, 2.24) is 15.3 Å². The second kappa shape index (κ2) is 7.39. The van der Waals surface area contributed by atoms with Crippen molar-refractivity contribution in [3.63, 3.8) is 0 Å². The first-order valence-electron chi connectivity index (χ1n) is 6.58. The van der Waals surface area contributed by atoms with E-state index in [9.17, 15) is 4.79 Å². The Labute approximate surface area is 122 Å². The van der Waals surface area contributed by atoms with Crippen LogP contribution in [0.3, 0.4) is 0 Å². The zero-order chi connectivity index (χ0) is 15.1. The van der Waals surface area contributed by atoms with Crippen LogP contribution in [0.4, 0.5) is 5.95 Å². The van der Waals surface area contributed by atoms with Crippen molar-refractivity contribution in [3.8, 4) is 0 Å². The summed E-state index contributed by atoms with van der Waals surface area (Å²) in [6, 6.07) is 5.20. The van der Waals surface area contributed by atoms with Gasteiger partial charge in [-0.1, -0.05) is 0 Å². The van der Waals surface area contributed by atoms with Crippen LogP contribution >= 0.6 is 0 Å². The average molecular weight is 290 g/mol. The molecular formula is C14H18N4O3. The molecule has 7 heteroatoms. The topological polar surface area (TPSA) is 89.3 Å². The molecule has 0 bridgehead atoms. The van der Waals surface area contributed by atoms with E-state index < -0.39 is 0 Å². The molecule has 0 fully saturated rings. The van der Waals surface area contributed by atoms with Crippen LogP contribution in [0.5, 0.6) is 0 Å². The molecule has 0 aliphatic rings. The monoisotopic (exact) mass is 290 g/mol. The number of carbonyl (C=O) groups excluding carboxylic acids is 1. The van der Waals surface area contributed by atoms with E-state index in [4.69, 9.17) is 9.15 Å². The number of nitrogens with one attached hydrogen (secondary N) is 2. The average Bonchev–Trinajstić information content (AvgIpc) is 2.98. The molecule has 0 saturated carbocycles. The maximum absolute atomic E-state index is 12.1. The number of aromatic nitrogens is 2. The van der Waals surface area contributed by atoms with Gasteiger partial charge in [0.25, 0.3) is 5.91 Å². The number of hydrogen-bond donors (Lipinski definition) is 2. The van der Waals surface area contributed by atoms with Gasteiger partial charge in [0.2, 0.25) is 5.95 Å². The van der Waals surface area contributed by atoms with Gasteiger partial charge in [0.1, 0.15) is 11.5 Å². The summed E-state index contributed by atoms with van der Waals surface area (Å²) in [6.07, 6.45) is 1.56. The van der Waals surface area contributed by atoms with Gasteiger partial charge in [-0.25, -0.2) is 9.97 Å². The Morgan fingerprint density at radius 3 is 3.00 bits per heavy atom. The van der Waals surface area contributed by atoms with E-state index in [1.165, 1.54) is 0 Å². The highest BCUT2D eigenvalue weighted by atomic mass is 16.5. The zero-order valence-electron chi connectivity index (χ0n) is 12.0. The van der Waals surface area contributed by atoms with Gasteiger partial charge in [-0.2, -0.15) is 0 Å². The van der Waals surface area contributed by atoms with Gasteiger partial charge in [0.05, 0.1) is 19.4 Å². The van der Waals surface area contributed by atoms with Gasteiger partial charge in [-0.15, -0.1) is 0 Å². The molecule has 2 rings (SSSR count).